The summed E-state index contributed by atoms with van der Waals surface area (Å²) in [5.41, 5.74) is 0.210. The Morgan fingerprint density at radius 1 is 1.21 bits per heavy atom. The maximum Gasteiger partial charge on any atom is 0.260 e. The third-order valence-electron chi connectivity index (χ3n) is 2.05. The van der Waals surface area contributed by atoms with Crippen molar-refractivity contribution >= 4 is 11.6 Å². The lowest BCUT2D eigenvalue weighted by atomic mass is 10.1. The molecule has 0 atom stereocenters. The van der Waals surface area contributed by atoms with Crippen molar-refractivity contribution < 1.29 is 4.92 Å². The molecule has 0 aliphatic heterocycles. The van der Waals surface area contributed by atoms with Crippen LogP contribution in [0.15, 0.2) is 10.7 Å². The Balaban J connectivity index is 4.34. The first-order chi connectivity index (χ1) is 6.63. The van der Waals surface area contributed by atoms with Gasteiger partial charge >= 0.3 is 0 Å². The van der Waals surface area contributed by atoms with Crippen molar-refractivity contribution in [2.45, 2.75) is 52.4 Å². The van der Waals surface area contributed by atoms with Gasteiger partial charge in [-0.25, -0.2) is 0 Å². The molecule has 0 bridgehead atoms. The Labute approximate surface area is 90.3 Å². The second-order valence-corrected chi connectivity index (χ2v) is 3.77. The summed E-state index contributed by atoms with van der Waals surface area (Å²) in [4.78, 5) is 10.3. The number of rotatable bonds is 7. The molecular weight excluding hydrogens is 202 g/mol. The van der Waals surface area contributed by atoms with Crippen molar-refractivity contribution in [1.82, 2.24) is 0 Å². The maximum absolute atomic E-state index is 10.7. The van der Waals surface area contributed by atoms with Gasteiger partial charge in [-0.2, -0.15) is 0 Å². The molecule has 0 unspecified atom stereocenters. The normalized spacial score (nSPS) is 12.5. The van der Waals surface area contributed by atoms with Gasteiger partial charge in [0.05, 0.1) is 9.96 Å². The quantitative estimate of drug-likeness (QED) is 0.478. The van der Waals surface area contributed by atoms with Gasteiger partial charge in [0.25, 0.3) is 5.70 Å². The molecule has 0 spiro atoms. The van der Waals surface area contributed by atoms with Gasteiger partial charge in [0.15, 0.2) is 0 Å². The lowest BCUT2D eigenvalue weighted by Gasteiger charge is -2.01. The molecule has 0 fully saturated rings. The average molecular weight is 220 g/mol. The minimum absolute atomic E-state index is 0.210. The van der Waals surface area contributed by atoms with Crippen LogP contribution in [0.4, 0.5) is 0 Å². The Kier molecular flexibility index (Phi) is 7.48. The van der Waals surface area contributed by atoms with E-state index in [0.29, 0.717) is 17.9 Å². The Morgan fingerprint density at radius 3 is 2.14 bits per heavy atom. The predicted octanol–water partition coefficient (Wildman–Crippen LogP) is 4.09. The molecule has 0 saturated carbocycles. The largest absolute Gasteiger partial charge is 0.260 e. The summed E-state index contributed by atoms with van der Waals surface area (Å²) in [5, 5.41) is 11.1. The van der Waals surface area contributed by atoms with Gasteiger partial charge in [-0.3, -0.25) is 10.1 Å². The summed E-state index contributed by atoms with van der Waals surface area (Å²) in [5.74, 6) is 0. The molecule has 0 amide bonds. The summed E-state index contributed by atoms with van der Waals surface area (Å²) in [6, 6.07) is 0. The highest BCUT2D eigenvalue weighted by atomic mass is 35.5. The standard InChI is InChI=1S/C10H18ClNO2/c1-3-5-7-9(11)10(12(13)14)8-6-4-2/h3-8H2,1-2H3. The minimum atomic E-state index is -0.340. The molecule has 4 heteroatoms. The number of halogens is 1. The summed E-state index contributed by atoms with van der Waals surface area (Å²) in [7, 11) is 0. The fourth-order valence-corrected chi connectivity index (χ4v) is 1.44. The van der Waals surface area contributed by atoms with E-state index >= 15 is 0 Å². The third-order valence-corrected chi connectivity index (χ3v) is 2.46. The Morgan fingerprint density at radius 2 is 1.71 bits per heavy atom. The van der Waals surface area contributed by atoms with E-state index in [-0.39, 0.29) is 10.6 Å². The summed E-state index contributed by atoms with van der Waals surface area (Å²) in [6.07, 6.45) is 4.84. The Hall–Kier alpha value is -0.570. The van der Waals surface area contributed by atoms with Crippen LogP contribution in [0.25, 0.3) is 0 Å². The van der Waals surface area contributed by atoms with E-state index in [0.717, 1.165) is 25.7 Å². The van der Waals surface area contributed by atoms with Crippen LogP contribution in [0.1, 0.15) is 52.4 Å². The monoisotopic (exact) mass is 219 g/mol. The van der Waals surface area contributed by atoms with E-state index in [4.69, 9.17) is 11.6 Å². The molecule has 0 aliphatic carbocycles. The smallest absolute Gasteiger partial charge is 0.259 e. The second kappa shape index (κ2) is 7.80. The first-order valence-corrected chi connectivity index (χ1v) is 5.53. The molecule has 0 saturated heterocycles. The molecular formula is C10H18ClNO2. The van der Waals surface area contributed by atoms with E-state index in [1.54, 1.807) is 0 Å². The molecule has 82 valence electrons. The number of nitrogens with zero attached hydrogens (tertiary/aromatic N) is 1. The predicted molar refractivity (Wildman–Crippen MR) is 58.9 cm³/mol. The number of unbranched alkanes of at least 4 members (excludes halogenated alkanes) is 2. The van der Waals surface area contributed by atoms with Gasteiger partial charge < -0.3 is 0 Å². The highest BCUT2D eigenvalue weighted by molar-refractivity contribution is 6.29. The lowest BCUT2D eigenvalue weighted by molar-refractivity contribution is -0.428. The van der Waals surface area contributed by atoms with Gasteiger partial charge in [-0.05, 0) is 19.3 Å². The highest BCUT2D eigenvalue weighted by Gasteiger charge is 2.15. The van der Waals surface area contributed by atoms with Gasteiger partial charge in [0.2, 0.25) is 0 Å². The SMILES string of the molecule is CCCCC(Cl)=C(CCCC)[N+](=O)[O-]. The van der Waals surface area contributed by atoms with Crippen molar-refractivity contribution in [2.24, 2.45) is 0 Å². The van der Waals surface area contributed by atoms with Crippen LogP contribution in [0.2, 0.25) is 0 Å². The number of hydrogen-bond donors (Lipinski definition) is 0. The van der Waals surface area contributed by atoms with Crippen LogP contribution >= 0.6 is 11.6 Å². The van der Waals surface area contributed by atoms with E-state index in [1.807, 2.05) is 13.8 Å². The van der Waals surface area contributed by atoms with Crippen molar-refractivity contribution in [3.05, 3.63) is 20.8 Å². The van der Waals surface area contributed by atoms with Crippen molar-refractivity contribution in [3.8, 4) is 0 Å². The number of allylic oxidation sites excluding steroid dienone is 2. The zero-order valence-electron chi connectivity index (χ0n) is 8.88. The van der Waals surface area contributed by atoms with E-state index < -0.39 is 0 Å². The van der Waals surface area contributed by atoms with Crippen LogP contribution in [0.3, 0.4) is 0 Å². The molecule has 0 rings (SSSR count). The number of nitro groups is 1. The maximum atomic E-state index is 10.7. The van der Waals surface area contributed by atoms with Crippen LogP contribution < -0.4 is 0 Å². The molecule has 0 radical (unpaired) electrons. The van der Waals surface area contributed by atoms with Crippen LogP contribution in [0.5, 0.6) is 0 Å². The Bertz CT molecular complexity index is 214. The van der Waals surface area contributed by atoms with Crippen LogP contribution in [0, 0.1) is 10.1 Å². The van der Waals surface area contributed by atoms with Crippen molar-refractivity contribution in [3.63, 3.8) is 0 Å². The third kappa shape index (κ3) is 5.22. The van der Waals surface area contributed by atoms with Crippen molar-refractivity contribution in [2.75, 3.05) is 0 Å². The highest BCUT2D eigenvalue weighted by Crippen LogP contribution is 2.21. The fraction of sp³-hybridized carbons (Fsp3) is 0.800. The molecule has 0 N–H and O–H groups in total. The summed E-state index contributed by atoms with van der Waals surface area (Å²) < 4.78 is 0. The van der Waals surface area contributed by atoms with E-state index in [1.165, 1.54) is 0 Å². The summed E-state index contributed by atoms with van der Waals surface area (Å²) >= 11 is 5.89. The first kappa shape index (κ1) is 13.4. The van der Waals surface area contributed by atoms with Gasteiger partial charge in [0, 0.05) is 6.42 Å². The van der Waals surface area contributed by atoms with Gasteiger partial charge in [-0.1, -0.05) is 38.3 Å². The van der Waals surface area contributed by atoms with Gasteiger partial charge in [-0.15, -0.1) is 0 Å². The van der Waals surface area contributed by atoms with Crippen LogP contribution in [-0.2, 0) is 0 Å². The van der Waals surface area contributed by atoms with E-state index in [2.05, 4.69) is 0 Å². The first-order valence-electron chi connectivity index (χ1n) is 5.15. The molecule has 0 aromatic rings. The molecule has 0 aromatic heterocycles. The van der Waals surface area contributed by atoms with Crippen molar-refractivity contribution in [1.29, 1.82) is 0 Å². The topological polar surface area (TPSA) is 43.1 Å². The average Bonchev–Trinajstić information content (AvgIpc) is 2.14. The number of hydrogen-bond acceptors (Lipinski definition) is 2. The molecule has 0 aliphatic rings. The zero-order chi connectivity index (χ0) is 11.0. The molecule has 3 nitrogen and oxygen atoms in total. The van der Waals surface area contributed by atoms with Gasteiger partial charge in [0.1, 0.15) is 0 Å². The zero-order valence-corrected chi connectivity index (χ0v) is 9.64. The van der Waals surface area contributed by atoms with Crippen LogP contribution in [-0.4, -0.2) is 4.92 Å². The summed E-state index contributed by atoms with van der Waals surface area (Å²) in [6.45, 7) is 4.06. The molecule has 14 heavy (non-hydrogen) atoms. The second-order valence-electron chi connectivity index (χ2n) is 3.32. The molecule has 0 heterocycles. The molecule has 0 aromatic carbocycles. The fourth-order valence-electron chi connectivity index (χ4n) is 1.15. The minimum Gasteiger partial charge on any atom is -0.259 e. The van der Waals surface area contributed by atoms with E-state index in [9.17, 15) is 10.1 Å². The lowest BCUT2D eigenvalue weighted by Crippen LogP contribution is -2.01.